The molecule has 5 nitrogen and oxygen atoms in total. The molecule has 2 heterocycles. The molecule has 0 aliphatic carbocycles. The van der Waals surface area contributed by atoms with E-state index in [9.17, 15) is 0 Å². The molecule has 0 fully saturated rings. The van der Waals surface area contributed by atoms with Gasteiger partial charge in [-0.25, -0.2) is 4.57 Å². The van der Waals surface area contributed by atoms with E-state index in [0.29, 0.717) is 0 Å². The van der Waals surface area contributed by atoms with Gasteiger partial charge in [-0.15, -0.1) is 12.4 Å². The van der Waals surface area contributed by atoms with Gasteiger partial charge in [-0.2, -0.15) is 0 Å². The molecule has 3 aromatic rings. The first kappa shape index (κ1) is 24.2. The predicted octanol–water partition coefficient (Wildman–Crippen LogP) is -0.405. The van der Waals surface area contributed by atoms with E-state index in [1.807, 2.05) is 24.3 Å². The third kappa shape index (κ3) is 5.38. The van der Waals surface area contributed by atoms with Crippen molar-refractivity contribution >= 4 is 26.4 Å². The molecule has 0 saturated carbocycles. The van der Waals surface area contributed by atoms with Gasteiger partial charge >= 0.3 is 8.80 Å². The maximum Gasteiger partial charge on any atom is 0.536 e. The van der Waals surface area contributed by atoms with Crippen LogP contribution in [-0.2, 0) is 19.8 Å². The van der Waals surface area contributed by atoms with Gasteiger partial charge in [-0.1, -0.05) is 24.3 Å². The summed E-state index contributed by atoms with van der Waals surface area (Å²) in [7, 11) is 2.09. The van der Waals surface area contributed by atoms with E-state index in [-0.39, 0.29) is 24.8 Å². The van der Waals surface area contributed by atoms with Gasteiger partial charge in [-0.3, -0.25) is 4.98 Å². The third-order valence-electron chi connectivity index (χ3n) is 4.38. The molecule has 0 saturated heterocycles. The van der Waals surface area contributed by atoms with Gasteiger partial charge in [0.2, 0.25) is 0 Å². The number of halogens is 2. The predicted molar refractivity (Wildman–Crippen MR) is 109 cm³/mol. The summed E-state index contributed by atoms with van der Waals surface area (Å²) in [5, 5.41) is 0.951. The minimum absolute atomic E-state index is 0. The molecule has 0 bridgehead atoms. The lowest BCUT2D eigenvalue weighted by atomic mass is 10.1. The highest BCUT2D eigenvalue weighted by molar-refractivity contribution is 6.75. The van der Waals surface area contributed by atoms with Crippen molar-refractivity contribution in [2.75, 3.05) is 21.3 Å². The summed E-state index contributed by atoms with van der Waals surface area (Å²) < 4.78 is 18.7. The van der Waals surface area contributed by atoms with Gasteiger partial charge in [0.1, 0.15) is 0 Å². The van der Waals surface area contributed by atoms with Gasteiger partial charge in [0.05, 0.1) is 0 Å². The van der Waals surface area contributed by atoms with Crippen LogP contribution in [0.15, 0.2) is 73.3 Å². The summed E-state index contributed by atoms with van der Waals surface area (Å²) in [5.74, 6) is 0. The minimum atomic E-state index is -2.77. The van der Waals surface area contributed by atoms with Crippen molar-refractivity contribution in [1.29, 1.82) is 0 Å². The fourth-order valence-electron chi connectivity index (χ4n) is 2.93. The number of benzene rings is 1. The minimum Gasteiger partial charge on any atom is -1.00 e. The first-order chi connectivity index (χ1) is 12.7. The molecular formula is C20H24Cl2N2O3Si. The highest BCUT2D eigenvalue weighted by Gasteiger charge is 2.40. The molecule has 0 radical (unpaired) electrons. The molecule has 28 heavy (non-hydrogen) atoms. The monoisotopic (exact) mass is 438 g/mol. The molecule has 3 rings (SSSR count). The zero-order chi connectivity index (χ0) is 18.4. The van der Waals surface area contributed by atoms with Crippen LogP contribution in [0.3, 0.4) is 0 Å². The second-order valence-electron chi connectivity index (χ2n) is 5.86. The van der Waals surface area contributed by atoms with Crippen molar-refractivity contribution < 1.29 is 30.3 Å². The fraction of sp³-hybridized carbons (Fsp3) is 0.200. The third-order valence-corrected chi connectivity index (χ3v) is 7.04. The number of hydrogen-bond acceptors (Lipinski definition) is 4. The van der Waals surface area contributed by atoms with Crippen LogP contribution in [0.25, 0.3) is 11.1 Å². The van der Waals surface area contributed by atoms with Crippen LogP contribution >= 0.6 is 12.4 Å². The van der Waals surface area contributed by atoms with Crippen LogP contribution in [0.5, 0.6) is 0 Å². The zero-order valence-corrected chi connectivity index (χ0v) is 18.6. The summed E-state index contributed by atoms with van der Waals surface area (Å²) in [5.41, 5.74) is 3.54. The Labute approximate surface area is 179 Å². The molecule has 2 aromatic heterocycles. The van der Waals surface area contributed by atoms with Crippen molar-refractivity contribution in [2.45, 2.75) is 6.54 Å². The Bertz CT molecular complexity index is 822. The van der Waals surface area contributed by atoms with E-state index < -0.39 is 8.80 Å². The Hall–Kier alpha value is -1.80. The van der Waals surface area contributed by atoms with Gasteiger partial charge in [-0.05, 0) is 23.3 Å². The van der Waals surface area contributed by atoms with E-state index >= 15 is 0 Å². The zero-order valence-electron chi connectivity index (χ0n) is 16.0. The smallest absolute Gasteiger partial charge is 0.536 e. The van der Waals surface area contributed by atoms with Crippen LogP contribution in [0, 0.1) is 0 Å². The van der Waals surface area contributed by atoms with E-state index in [2.05, 4.69) is 46.2 Å². The lowest BCUT2D eigenvalue weighted by Gasteiger charge is -2.24. The second-order valence-corrected chi connectivity index (χ2v) is 8.77. The van der Waals surface area contributed by atoms with Crippen molar-refractivity contribution in [3.63, 3.8) is 0 Å². The molecule has 0 N–H and O–H groups in total. The summed E-state index contributed by atoms with van der Waals surface area (Å²) >= 11 is 0. The maximum absolute atomic E-state index is 5.52. The normalized spacial score (nSPS) is 10.7. The van der Waals surface area contributed by atoms with Crippen LogP contribution < -0.4 is 22.2 Å². The topological polar surface area (TPSA) is 44.5 Å². The summed E-state index contributed by atoms with van der Waals surface area (Å²) in [6.07, 6.45) is 7.78. The van der Waals surface area contributed by atoms with Crippen molar-refractivity contribution in [2.24, 2.45) is 0 Å². The second kappa shape index (κ2) is 11.3. The molecule has 0 aliphatic heterocycles. The number of aromatic nitrogens is 2. The van der Waals surface area contributed by atoms with Gasteiger partial charge < -0.3 is 25.7 Å². The van der Waals surface area contributed by atoms with Gasteiger partial charge in [0, 0.05) is 56.6 Å². The number of rotatable bonds is 7. The Morgan fingerprint density at radius 1 is 0.786 bits per heavy atom. The molecule has 0 spiro atoms. The molecule has 1 aromatic carbocycles. The van der Waals surface area contributed by atoms with E-state index in [1.165, 1.54) is 11.1 Å². The van der Waals surface area contributed by atoms with Crippen molar-refractivity contribution in [3.8, 4) is 11.1 Å². The Morgan fingerprint density at radius 3 is 1.79 bits per heavy atom. The number of hydrogen-bond donors (Lipinski definition) is 0. The highest BCUT2D eigenvalue weighted by Crippen LogP contribution is 2.16. The van der Waals surface area contributed by atoms with Crippen molar-refractivity contribution in [1.82, 2.24) is 4.98 Å². The SMILES string of the molecule is CO[Si](OC)(OC)c1ccc(C[n+]2ccc(-c3ccncc3)cc2)cc1.Cl.[Cl-]. The largest absolute Gasteiger partial charge is 1.00 e. The van der Waals surface area contributed by atoms with E-state index in [4.69, 9.17) is 13.3 Å². The van der Waals surface area contributed by atoms with E-state index in [1.54, 1.807) is 33.7 Å². The average molecular weight is 439 g/mol. The fourth-order valence-corrected chi connectivity index (χ4v) is 4.71. The van der Waals surface area contributed by atoms with Crippen LogP contribution in [-0.4, -0.2) is 35.1 Å². The average Bonchev–Trinajstić information content (AvgIpc) is 2.72. The van der Waals surface area contributed by atoms with Crippen LogP contribution in [0.2, 0.25) is 0 Å². The lowest BCUT2D eigenvalue weighted by Crippen LogP contribution is -3.00. The molecule has 8 heteroatoms. The van der Waals surface area contributed by atoms with Crippen LogP contribution in [0.1, 0.15) is 5.56 Å². The molecule has 0 atom stereocenters. The summed E-state index contributed by atoms with van der Waals surface area (Å²) in [6, 6.07) is 16.4. The van der Waals surface area contributed by atoms with Gasteiger partial charge in [0.25, 0.3) is 0 Å². The number of nitrogens with zero attached hydrogens (tertiary/aromatic N) is 2. The standard InChI is InChI=1S/C20H23N2O3Si.2ClH/c1-23-26(24-2,25-3)20-6-4-17(5-7-20)16-22-14-10-19(11-15-22)18-8-12-21-13-9-18;;/h4-15H,16H2,1-3H3;2*1H/q+1;;/p-1. The number of pyridine rings is 2. The van der Waals surface area contributed by atoms with Crippen molar-refractivity contribution in [3.05, 3.63) is 78.9 Å². The highest BCUT2D eigenvalue weighted by atomic mass is 35.5. The lowest BCUT2D eigenvalue weighted by molar-refractivity contribution is -0.688. The first-order valence-electron chi connectivity index (χ1n) is 8.35. The van der Waals surface area contributed by atoms with Crippen LogP contribution in [0.4, 0.5) is 0 Å². The van der Waals surface area contributed by atoms with E-state index in [0.717, 1.165) is 17.3 Å². The maximum atomic E-state index is 5.52. The summed E-state index contributed by atoms with van der Waals surface area (Å²) in [4.78, 5) is 4.06. The van der Waals surface area contributed by atoms with Gasteiger partial charge in [0.15, 0.2) is 18.9 Å². The molecule has 150 valence electrons. The molecule has 0 amide bonds. The Kier molecular flexibility index (Phi) is 9.75. The Morgan fingerprint density at radius 2 is 1.29 bits per heavy atom. The molecular weight excluding hydrogens is 415 g/mol. The molecule has 0 aliphatic rings. The first-order valence-corrected chi connectivity index (χ1v) is 10.1. The molecule has 0 unspecified atom stereocenters. The Balaban J connectivity index is 0.00000196. The summed E-state index contributed by atoms with van der Waals surface area (Å²) in [6.45, 7) is 0.790. The quantitative estimate of drug-likeness (QED) is 0.371.